The van der Waals surface area contributed by atoms with Gasteiger partial charge in [-0.1, -0.05) is 29.3 Å². The molecule has 0 radical (unpaired) electrons. The van der Waals surface area contributed by atoms with Crippen molar-refractivity contribution in [3.8, 4) is 0 Å². The number of carbonyl (C=O) groups is 1. The molecule has 2 nitrogen and oxygen atoms in total. The molecule has 17 heavy (non-hydrogen) atoms. The Morgan fingerprint density at radius 1 is 1.35 bits per heavy atom. The molecule has 0 spiro atoms. The highest BCUT2D eigenvalue weighted by molar-refractivity contribution is 8.03. The summed E-state index contributed by atoms with van der Waals surface area (Å²) in [5.41, 5.74) is 1.31. The molecule has 0 N–H and O–H groups in total. The zero-order valence-corrected chi connectivity index (χ0v) is 11.7. The molecule has 0 saturated heterocycles. The summed E-state index contributed by atoms with van der Waals surface area (Å²) in [6.45, 7) is 0. The number of hydrogen-bond donors (Lipinski definition) is 0. The van der Waals surface area contributed by atoms with E-state index in [9.17, 15) is 4.79 Å². The van der Waals surface area contributed by atoms with Crippen LogP contribution in [0.2, 0.25) is 10.0 Å². The molecule has 0 aliphatic carbocycles. The summed E-state index contributed by atoms with van der Waals surface area (Å²) in [6.07, 6.45) is 1.31. The summed E-state index contributed by atoms with van der Waals surface area (Å²) < 4.78 is 1.41. The lowest BCUT2D eigenvalue weighted by Gasteiger charge is -2.19. The Hall–Kier alpha value is -0.350. The number of rotatable bonds is 3. The summed E-state index contributed by atoms with van der Waals surface area (Å²) in [5.74, 6) is 0. The van der Waals surface area contributed by atoms with Gasteiger partial charge in [0.25, 0.3) is 0 Å². The molecule has 0 fully saturated rings. The van der Waals surface area contributed by atoms with Gasteiger partial charge in [-0.15, -0.1) is 11.8 Å². The molecule has 1 aliphatic heterocycles. The second-order valence-electron chi connectivity index (χ2n) is 3.47. The van der Waals surface area contributed by atoms with Crippen molar-refractivity contribution < 1.29 is 4.79 Å². The molecule has 1 unspecified atom stereocenters. The molecular weight excluding hydrogens is 301 g/mol. The molecule has 0 bridgehead atoms. The van der Waals surface area contributed by atoms with E-state index < -0.39 is 0 Å². The Labute approximate surface area is 119 Å². The SMILES string of the molecule is O=CC1=CSC(Cc2c(Cl)cccc2Cl)N1Cl. The highest BCUT2D eigenvalue weighted by Gasteiger charge is 2.26. The first-order valence-electron chi connectivity index (χ1n) is 4.82. The Bertz CT molecular complexity index is 458. The number of hydrogen-bond acceptors (Lipinski definition) is 3. The third-order valence-corrected chi connectivity index (χ3v) is 4.73. The van der Waals surface area contributed by atoms with E-state index in [4.69, 9.17) is 35.0 Å². The van der Waals surface area contributed by atoms with E-state index in [2.05, 4.69) is 0 Å². The summed E-state index contributed by atoms with van der Waals surface area (Å²) in [7, 11) is 0. The van der Waals surface area contributed by atoms with Crippen LogP contribution in [0, 0.1) is 0 Å². The third kappa shape index (κ3) is 2.74. The lowest BCUT2D eigenvalue weighted by molar-refractivity contribution is -0.105. The summed E-state index contributed by atoms with van der Waals surface area (Å²) >= 11 is 19.7. The molecule has 0 saturated carbocycles. The van der Waals surface area contributed by atoms with E-state index in [1.165, 1.54) is 16.2 Å². The third-order valence-electron chi connectivity index (χ3n) is 2.41. The number of allylic oxidation sites excluding steroid dienone is 1. The molecule has 0 amide bonds. The molecule has 2 rings (SSSR count). The van der Waals surface area contributed by atoms with E-state index >= 15 is 0 Å². The molecule has 1 atom stereocenters. The largest absolute Gasteiger partial charge is 0.296 e. The van der Waals surface area contributed by atoms with Gasteiger partial charge in [0.05, 0.1) is 11.1 Å². The molecule has 6 heteroatoms. The second-order valence-corrected chi connectivity index (χ2v) is 5.70. The summed E-state index contributed by atoms with van der Waals surface area (Å²) in [5, 5.41) is 2.90. The predicted molar refractivity (Wildman–Crippen MR) is 73.4 cm³/mol. The Balaban J connectivity index is 2.16. The fourth-order valence-electron chi connectivity index (χ4n) is 1.53. The van der Waals surface area contributed by atoms with Gasteiger partial charge in [-0.05, 0) is 17.7 Å². The van der Waals surface area contributed by atoms with Crippen LogP contribution < -0.4 is 0 Å². The number of aldehydes is 1. The Morgan fingerprint density at radius 2 is 2.00 bits per heavy atom. The predicted octanol–water partition coefficient (Wildman–Crippen LogP) is 4.10. The van der Waals surface area contributed by atoms with Crippen LogP contribution in [0.3, 0.4) is 0 Å². The van der Waals surface area contributed by atoms with Crippen molar-refractivity contribution in [2.75, 3.05) is 0 Å². The van der Waals surface area contributed by atoms with Gasteiger partial charge >= 0.3 is 0 Å². The number of carbonyl (C=O) groups excluding carboxylic acids is 1. The topological polar surface area (TPSA) is 20.3 Å². The van der Waals surface area contributed by atoms with Crippen molar-refractivity contribution >= 4 is 53.0 Å². The lowest BCUT2D eigenvalue weighted by atomic mass is 10.1. The van der Waals surface area contributed by atoms with Gasteiger partial charge in [-0.3, -0.25) is 9.21 Å². The zero-order chi connectivity index (χ0) is 12.4. The van der Waals surface area contributed by atoms with Crippen molar-refractivity contribution in [1.29, 1.82) is 0 Å². The molecule has 1 aromatic rings. The number of benzene rings is 1. The van der Waals surface area contributed by atoms with Crippen LogP contribution in [0.5, 0.6) is 0 Å². The van der Waals surface area contributed by atoms with E-state index in [1.54, 1.807) is 23.6 Å². The van der Waals surface area contributed by atoms with Gasteiger partial charge in [0, 0.05) is 33.7 Å². The molecule has 1 aliphatic rings. The molecule has 1 heterocycles. The maximum absolute atomic E-state index is 10.7. The summed E-state index contributed by atoms with van der Waals surface area (Å²) in [6, 6.07) is 5.37. The van der Waals surface area contributed by atoms with Crippen LogP contribution in [0.4, 0.5) is 0 Å². The fraction of sp³-hybridized carbons (Fsp3) is 0.182. The molecule has 0 aromatic heterocycles. The van der Waals surface area contributed by atoms with E-state index in [0.717, 1.165) is 11.8 Å². The standard InChI is InChI=1S/C11H8Cl3NOS/c12-9-2-1-3-10(13)8(9)4-11-15(14)7(5-16)6-17-11/h1-3,5-6,11H,4H2. The van der Waals surface area contributed by atoms with E-state index in [0.29, 0.717) is 22.2 Å². The Kier molecular flexibility index (Phi) is 4.26. The molecular formula is C11H8Cl3NOS. The minimum Gasteiger partial charge on any atom is -0.296 e. The van der Waals surface area contributed by atoms with Gasteiger partial charge in [0.15, 0.2) is 6.29 Å². The van der Waals surface area contributed by atoms with Crippen molar-refractivity contribution in [2.24, 2.45) is 0 Å². The maximum atomic E-state index is 10.7. The van der Waals surface area contributed by atoms with E-state index in [-0.39, 0.29) is 5.37 Å². The van der Waals surface area contributed by atoms with Crippen molar-refractivity contribution in [3.05, 3.63) is 44.9 Å². The van der Waals surface area contributed by atoms with Crippen LogP contribution in [0.15, 0.2) is 29.3 Å². The highest BCUT2D eigenvalue weighted by atomic mass is 35.5. The van der Waals surface area contributed by atoms with Crippen LogP contribution in [0.1, 0.15) is 5.56 Å². The summed E-state index contributed by atoms with van der Waals surface area (Å²) in [4.78, 5) is 10.7. The second kappa shape index (κ2) is 5.53. The average Bonchev–Trinajstić information content (AvgIpc) is 2.65. The van der Waals surface area contributed by atoms with Crippen molar-refractivity contribution in [2.45, 2.75) is 11.8 Å². The monoisotopic (exact) mass is 307 g/mol. The number of thioether (sulfide) groups is 1. The van der Waals surface area contributed by atoms with E-state index in [1.807, 2.05) is 0 Å². The highest BCUT2D eigenvalue weighted by Crippen LogP contribution is 2.36. The zero-order valence-electron chi connectivity index (χ0n) is 8.57. The Morgan fingerprint density at radius 3 is 2.53 bits per heavy atom. The van der Waals surface area contributed by atoms with Crippen LogP contribution in [-0.2, 0) is 11.2 Å². The smallest absolute Gasteiger partial charge is 0.167 e. The quantitative estimate of drug-likeness (QED) is 0.619. The van der Waals surface area contributed by atoms with Crippen molar-refractivity contribution in [3.63, 3.8) is 0 Å². The molecule has 90 valence electrons. The van der Waals surface area contributed by atoms with Crippen LogP contribution in [-0.4, -0.2) is 16.1 Å². The molecule has 1 aromatic carbocycles. The van der Waals surface area contributed by atoms with Gasteiger partial charge in [0.1, 0.15) is 0 Å². The van der Waals surface area contributed by atoms with Gasteiger partial charge in [-0.25, -0.2) is 0 Å². The van der Waals surface area contributed by atoms with Crippen LogP contribution in [0.25, 0.3) is 0 Å². The van der Waals surface area contributed by atoms with Gasteiger partial charge in [0.2, 0.25) is 0 Å². The first-order valence-corrected chi connectivity index (χ1v) is 6.86. The average molecular weight is 309 g/mol. The first-order chi connectivity index (χ1) is 8.13. The minimum absolute atomic E-state index is 0.0609. The van der Waals surface area contributed by atoms with Crippen molar-refractivity contribution in [1.82, 2.24) is 4.42 Å². The fourth-order valence-corrected chi connectivity index (χ4v) is 3.39. The number of halogens is 3. The maximum Gasteiger partial charge on any atom is 0.167 e. The first kappa shape index (κ1) is 13.1. The van der Waals surface area contributed by atoms with Gasteiger partial charge in [-0.2, -0.15) is 0 Å². The van der Waals surface area contributed by atoms with Gasteiger partial charge < -0.3 is 0 Å². The van der Waals surface area contributed by atoms with Crippen LogP contribution >= 0.6 is 46.7 Å². The lowest BCUT2D eigenvalue weighted by Crippen LogP contribution is -2.21. The normalized spacial score (nSPS) is 19.4. The minimum atomic E-state index is -0.0609. The number of nitrogens with zero attached hydrogens (tertiary/aromatic N) is 1.